The number of thioether (sulfide) groups is 1. The van der Waals surface area contributed by atoms with Crippen LogP contribution in [0.2, 0.25) is 0 Å². The number of nitrogens with zero attached hydrogens (tertiary/aromatic N) is 3. The van der Waals surface area contributed by atoms with Crippen molar-refractivity contribution < 1.29 is 32.6 Å². The van der Waals surface area contributed by atoms with Gasteiger partial charge < -0.3 is 24.1 Å². The molecule has 0 spiro atoms. The number of hydrogen-bond donors (Lipinski definition) is 1. The molecular weight excluding hydrogens is 687 g/mol. The van der Waals surface area contributed by atoms with Crippen LogP contribution in [0, 0.1) is 11.6 Å². The van der Waals surface area contributed by atoms with Gasteiger partial charge in [0.25, 0.3) is 5.91 Å². The zero-order valence-corrected chi connectivity index (χ0v) is 30.9. The highest BCUT2D eigenvalue weighted by Gasteiger charge is 2.32. The fraction of sp³-hybridized carbons (Fsp3) is 0.425. The molecule has 1 fully saturated rings. The molecule has 1 saturated heterocycles. The maximum atomic E-state index is 14.3. The minimum atomic E-state index is -0.878. The molecule has 1 aliphatic heterocycles. The van der Waals surface area contributed by atoms with E-state index in [1.165, 1.54) is 24.3 Å². The van der Waals surface area contributed by atoms with Crippen molar-refractivity contribution >= 4 is 23.6 Å². The molecule has 1 N–H and O–H groups in total. The van der Waals surface area contributed by atoms with Gasteiger partial charge >= 0.3 is 5.97 Å². The summed E-state index contributed by atoms with van der Waals surface area (Å²) in [6.45, 7) is 7.98. The molecule has 52 heavy (non-hydrogen) atoms. The third-order valence-corrected chi connectivity index (χ3v) is 9.57. The van der Waals surface area contributed by atoms with Gasteiger partial charge in [0.15, 0.2) is 0 Å². The fourth-order valence-corrected chi connectivity index (χ4v) is 6.70. The predicted molar refractivity (Wildman–Crippen MR) is 198 cm³/mol. The lowest BCUT2D eigenvalue weighted by Gasteiger charge is -2.35. The molecular formula is C40H48F2N4O5S. The summed E-state index contributed by atoms with van der Waals surface area (Å²) in [6.07, 6.45) is 8.03. The Morgan fingerprint density at radius 1 is 0.981 bits per heavy atom. The molecule has 2 heterocycles. The van der Waals surface area contributed by atoms with Crippen LogP contribution in [0.15, 0.2) is 85.5 Å². The second kappa shape index (κ2) is 19.1. The van der Waals surface area contributed by atoms with Gasteiger partial charge in [0.05, 0.1) is 26.1 Å². The van der Waals surface area contributed by atoms with E-state index in [2.05, 4.69) is 15.2 Å². The molecule has 5 rings (SSSR count). The average molecular weight is 735 g/mol. The number of halogens is 2. The van der Waals surface area contributed by atoms with Crippen molar-refractivity contribution in [3.63, 3.8) is 0 Å². The topological polar surface area (TPSA) is 94.9 Å². The van der Waals surface area contributed by atoms with E-state index in [9.17, 15) is 18.4 Å². The Bertz CT molecular complexity index is 1720. The summed E-state index contributed by atoms with van der Waals surface area (Å²) >= 11 is 1.58. The molecule has 12 heteroatoms. The molecule has 0 saturated carbocycles. The highest BCUT2D eigenvalue weighted by Crippen LogP contribution is 2.29. The first-order valence-corrected chi connectivity index (χ1v) is 19.0. The number of hydrogen-bond acceptors (Lipinski definition) is 8. The molecule has 0 aliphatic carbocycles. The van der Waals surface area contributed by atoms with Gasteiger partial charge in [0.1, 0.15) is 29.4 Å². The van der Waals surface area contributed by atoms with Crippen LogP contribution >= 0.6 is 11.8 Å². The van der Waals surface area contributed by atoms with Crippen LogP contribution in [0.4, 0.5) is 8.78 Å². The maximum Gasteiger partial charge on any atom is 0.329 e. The lowest BCUT2D eigenvalue weighted by Crippen LogP contribution is -2.50. The first-order valence-electron chi connectivity index (χ1n) is 17.6. The number of ether oxygens (including phenoxy) is 3. The minimum Gasteiger partial charge on any atom is -0.457 e. The molecule has 1 unspecified atom stereocenters. The Hall–Kier alpha value is -4.10. The lowest BCUT2D eigenvalue weighted by molar-refractivity contribution is -0.161. The quantitative estimate of drug-likeness (QED) is 0.120. The summed E-state index contributed by atoms with van der Waals surface area (Å²) in [7, 11) is 0. The molecule has 4 aromatic rings. The van der Waals surface area contributed by atoms with Gasteiger partial charge in [0, 0.05) is 44.1 Å². The number of aromatic nitrogens is 2. The van der Waals surface area contributed by atoms with Gasteiger partial charge in [-0.05, 0) is 97.7 Å². The largest absolute Gasteiger partial charge is 0.457 e. The summed E-state index contributed by atoms with van der Waals surface area (Å²) in [4.78, 5) is 34.3. The van der Waals surface area contributed by atoms with E-state index in [0.717, 1.165) is 29.8 Å². The monoisotopic (exact) mass is 734 g/mol. The van der Waals surface area contributed by atoms with Crippen molar-refractivity contribution in [2.75, 3.05) is 51.5 Å². The van der Waals surface area contributed by atoms with Gasteiger partial charge in [-0.2, -0.15) is 11.8 Å². The van der Waals surface area contributed by atoms with Crippen LogP contribution in [0.1, 0.15) is 59.0 Å². The van der Waals surface area contributed by atoms with Crippen LogP contribution in [0.5, 0.6) is 0 Å². The van der Waals surface area contributed by atoms with E-state index in [1.54, 1.807) is 54.6 Å². The van der Waals surface area contributed by atoms with Crippen LogP contribution in [0.25, 0.3) is 0 Å². The summed E-state index contributed by atoms with van der Waals surface area (Å²) in [5.41, 5.74) is 2.70. The summed E-state index contributed by atoms with van der Waals surface area (Å²) in [5.74, 6) is -0.950. The van der Waals surface area contributed by atoms with Gasteiger partial charge in [-0.25, -0.2) is 18.6 Å². The van der Waals surface area contributed by atoms with Crippen molar-refractivity contribution in [3.05, 3.63) is 125 Å². The number of esters is 1. The van der Waals surface area contributed by atoms with Gasteiger partial charge in [-0.1, -0.05) is 36.4 Å². The SMILES string of the molecule is CSCC[C@H](NC(=O)c1cc(C(OCCn2ccnc2)c2ccc(F)cc2)ccc1CCc1ccc(F)cc1)C(=O)OC(C)(C)CN1CCOCC1. The minimum absolute atomic E-state index is 0.315. The van der Waals surface area contributed by atoms with Crippen molar-refractivity contribution in [2.45, 2.75) is 57.4 Å². The second-order valence-electron chi connectivity index (χ2n) is 13.5. The number of morpholine rings is 1. The van der Waals surface area contributed by atoms with E-state index in [1.807, 2.05) is 43.0 Å². The van der Waals surface area contributed by atoms with Gasteiger partial charge in [0.2, 0.25) is 0 Å². The van der Waals surface area contributed by atoms with E-state index in [4.69, 9.17) is 14.2 Å². The first kappa shape index (κ1) is 39.1. The number of imidazole rings is 1. The van der Waals surface area contributed by atoms with Crippen molar-refractivity contribution in [1.29, 1.82) is 0 Å². The molecule has 1 aliphatic rings. The highest BCUT2D eigenvalue weighted by molar-refractivity contribution is 7.98. The average Bonchev–Trinajstić information content (AvgIpc) is 3.66. The number of benzene rings is 3. The van der Waals surface area contributed by atoms with Crippen molar-refractivity contribution in [2.24, 2.45) is 0 Å². The Morgan fingerprint density at radius 2 is 1.67 bits per heavy atom. The third kappa shape index (κ3) is 11.7. The standard InChI is InChI=1S/C40H48F2N4O5S/c1-40(2,27-45-19-22-49-23-20-45)51-39(48)36(16-25-52-3)44-38(47)35-26-32(9-8-30(35)7-4-29-5-12-33(41)13-6-29)37(31-10-14-34(42)15-11-31)50-24-21-46-18-17-43-28-46/h5-6,8-15,17-18,26,28,36-37H,4,7,16,19-25,27H2,1-3H3,(H,44,47)/t36-,37?/m0/s1. The van der Waals surface area contributed by atoms with Crippen LogP contribution in [-0.2, 0) is 38.4 Å². The summed E-state index contributed by atoms with van der Waals surface area (Å²) < 4.78 is 47.4. The van der Waals surface area contributed by atoms with Crippen LogP contribution < -0.4 is 5.32 Å². The summed E-state index contributed by atoms with van der Waals surface area (Å²) in [5, 5.41) is 3.00. The van der Waals surface area contributed by atoms with Crippen LogP contribution in [-0.4, -0.2) is 89.4 Å². The Balaban J connectivity index is 1.42. The predicted octanol–water partition coefficient (Wildman–Crippen LogP) is 6.26. The molecule has 0 bridgehead atoms. The zero-order valence-electron chi connectivity index (χ0n) is 30.1. The molecule has 278 valence electrons. The lowest BCUT2D eigenvalue weighted by atomic mass is 9.93. The highest BCUT2D eigenvalue weighted by atomic mass is 32.2. The number of aryl methyl sites for hydroxylation is 2. The normalized spacial score (nSPS) is 14.9. The van der Waals surface area contributed by atoms with Gasteiger partial charge in [-0.15, -0.1) is 0 Å². The smallest absolute Gasteiger partial charge is 0.329 e. The van der Waals surface area contributed by atoms with Crippen LogP contribution in [0.3, 0.4) is 0 Å². The van der Waals surface area contributed by atoms with Crippen molar-refractivity contribution in [1.82, 2.24) is 19.8 Å². The van der Waals surface area contributed by atoms with E-state index in [0.29, 0.717) is 69.1 Å². The number of carbonyl (C=O) groups is 2. The zero-order chi connectivity index (χ0) is 36.9. The molecule has 1 amide bonds. The molecule has 2 atom stereocenters. The Morgan fingerprint density at radius 3 is 2.35 bits per heavy atom. The molecule has 1 aromatic heterocycles. The van der Waals surface area contributed by atoms with E-state index in [-0.39, 0.29) is 11.6 Å². The third-order valence-electron chi connectivity index (χ3n) is 8.93. The van der Waals surface area contributed by atoms with E-state index < -0.39 is 29.6 Å². The molecule has 0 radical (unpaired) electrons. The maximum absolute atomic E-state index is 14.3. The fourth-order valence-electron chi connectivity index (χ4n) is 6.23. The summed E-state index contributed by atoms with van der Waals surface area (Å²) in [6, 6.07) is 17.1. The Kier molecular flexibility index (Phi) is 14.4. The second-order valence-corrected chi connectivity index (χ2v) is 14.5. The number of rotatable bonds is 18. The number of amides is 1. The Labute approximate surface area is 309 Å². The number of nitrogens with one attached hydrogen (secondary N) is 1. The van der Waals surface area contributed by atoms with Crippen molar-refractivity contribution in [3.8, 4) is 0 Å². The van der Waals surface area contributed by atoms with Gasteiger partial charge in [-0.3, -0.25) is 9.69 Å². The van der Waals surface area contributed by atoms with E-state index >= 15 is 0 Å². The first-order chi connectivity index (χ1) is 25.1. The molecule has 3 aromatic carbocycles. The number of carbonyl (C=O) groups excluding carboxylic acids is 2. The molecule has 9 nitrogen and oxygen atoms in total.